The predicted molar refractivity (Wildman–Crippen MR) is 107 cm³/mol. The minimum absolute atomic E-state index is 0.0530. The van der Waals surface area contributed by atoms with Crippen LogP contribution in [0.4, 0.5) is 13.2 Å². The van der Waals surface area contributed by atoms with Gasteiger partial charge in [0.05, 0.1) is 23.1 Å². The van der Waals surface area contributed by atoms with Gasteiger partial charge < -0.3 is 15.2 Å². The van der Waals surface area contributed by atoms with Gasteiger partial charge in [0.15, 0.2) is 0 Å². The van der Waals surface area contributed by atoms with Crippen molar-refractivity contribution < 1.29 is 27.9 Å². The molecule has 0 spiro atoms. The molecule has 2 aromatic carbocycles. The third-order valence-corrected chi connectivity index (χ3v) is 5.90. The first-order chi connectivity index (χ1) is 14.5. The van der Waals surface area contributed by atoms with E-state index in [4.69, 9.17) is 0 Å². The SMILES string of the molecule is C[C@H](NC(=O)[C@@]1(C)CCCN1Cc1cccc(C(F)(F)F)c1)c1ccc(C(=O)[O-])cc1. The van der Waals surface area contributed by atoms with Gasteiger partial charge in [-0.3, -0.25) is 9.69 Å². The van der Waals surface area contributed by atoms with Gasteiger partial charge in [-0.25, -0.2) is 0 Å². The number of carbonyl (C=O) groups is 2. The average Bonchev–Trinajstić information content (AvgIpc) is 3.09. The molecule has 1 heterocycles. The molecule has 0 unspecified atom stereocenters. The number of nitrogens with zero attached hydrogens (tertiary/aromatic N) is 1. The third kappa shape index (κ3) is 5.07. The van der Waals surface area contributed by atoms with Gasteiger partial charge in [-0.1, -0.05) is 42.5 Å². The summed E-state index contributed by atoms with van der Waals surface area (Å²) in [6.07, 6.45) is -3.06. The molecule has 0 aromatic heterocycles. The van der Waals surface area contributed by atoms with Crippen molar-refractivity contribution in [1.82, 2.24) is 10.2 Å². The van der Waals surface area contributed by atoms with Crippen molar-refractivity contribution >= 4 is 11.9 Å². The van der Waals surface area contributed by atoms with E-state index >= 15 is 0 Å². The number of benzene rings is 2. The Morgan fingerprint density at radius 2 is 1.87 bits per heavy atom. The summed E-state index contributed by atoms with van der Waals surface area (Å²) in [5.74, 6) is -1.49. The van der Waals surface area contributed by atoms with Crippen molar-refractivity contribution in [2.45, 2.75) is 51.0 Å². The number of likely N-dealkylation sites (tertiary alicyclic amines) is 1. The fourth-order valence-electron chi connectivity index (χ4n) is 3.94. The summed E-state index contributed by atoms with van der Waals surface area (Å²) in [4.78, 5) is 25.9. The minimum atomic E-state index is -4.41. The second-order valence-electron chi connectivity index (χ2n) is 8.10. The molecular formula is C23H24F3N2O3-. The Kier molecular flexibility index (Phi) is 6.40. The van der Waals surface area contributed by atoms with Crippen molar-refractivity contribution in [3.8, 4) is 0 Å². The van der Waals surface area contributed by atoms with Gasteiger partial charge >= 0.3 is 6.18 Å². The van der Waals surface area contributed by atoms with Crippen molar-refractivity contribution in [2.75, 3.05) is 6.54 Å². The van der Waals surface area contributed by atoms with Crippen LogP contribution in [0.1, 0.15) is 59.8 Å². The molecule has 1 N–H and O–H groups in total. The van der Waals surface area contributed by atoms with Crippen LogP contribution in [0.15, 0.2) is 48.5 Å². The van der Waals surface area contributed by atoms with E-state index in [0.717, 1.165) is 24.1 Å². The van der Waals surface area contributed by atoms with E-state index in [2.05, 4.69) is 5.32 Å². The number of halogens is 3. The Hall–Kier alpha value is -2.87. The summed E-state index contributed by atoms with van der Waals surface area (Å²) in [5.41, 5.74) is -0.264. The Morgan fingerprint density at radius 1 is 1.19 bits per heavy atom. The molecule has 5 nitrogen and oxygen atoms in total. The molecule has 1 aliphatic heterocycles. The molecule has 2 atom stereocenters. The monoisotopic (exact) mass is 433 g/mol. The first-order valence-electron chi connectivity index (χ1n) is 10.0. The molecule has 0 bridgehead atoms. The highest BCUT2D eigenvalue weighted by atomic mass is 19.4. The highest BCUT2D eigenvalue weighted by Gasteiger charge is 2.43. The number of hydrogen-bond acceptors (Lipinski definition) is 4. The lowest BCUT2D eigenvalue weighted by molar-refractivity contribution is -0.255. The summed E-state index contributed by atoms with van der Waals surface area (Å²) >= 11 is 0. The lowest BCUT2D eigenvalue weighted by Crippen LogP contribution is -2.53. The van der Waals surface area contributed by atoms with E-state index in [1.807, 2.05) is 4.90 Å². The van der Waals surface area contributed by atoms with E-state index in [1.54, 1.807) is 32.0 Å². The number of carboxylic acid groups (broad SMARTS) is 1. The van der Waals surface area contributed by atoms with Gasteiger partial charge in [0.25, 0.3) is 0 Å². The molecule has 1 aliphatic rings. The standard InChI is InChI=1S/C23H25F3N2O3/c1-15(17-7-9-18(10-8-17)20(29)30)27-21(31)22(2)11-4-12-28(22)14-16-5-3-6-19(13-16)23(24,25)26/h3,5-10,13,15H,4,11-12,14H2,1-2H3,(H,27,31)(H,29,30)/p-1/t15-,22+/m0/s1. The molecule has 0 radical (unpaired) electrons. The van der Waals surface area contributed by atoms with E-state index < -0.39 is 23.2 Å². The number of amides is 1. The lowest BCUT2D eigenvalue weighted by atomic mass is 9.95. The Morgan fingerprint density at radius 3 is 2.48 bits per heavy atom. The maximum atomic E-state index is 13.1. The van der Waals surface area contributed by atoms with Crippen molar-refractivity contribution in [3.05, 3.63) is 70.8 Å². The van der Waals surface area contributed by atoms with Crippen LogP contribution in [0, 0.1) is 0 Å². The molecule has 0 saturated carbocycles. The summed E-state index contributed by atoms with van der Waals surface area (Å²) in [5, 5.41) is 13.8. The van der Waals surface area contributed by atoms with E-state index in [0.29, 0.717) is 18.5 Å². The van der Waals surface area contributed by atoms with Crippen LogP contribution >= 0.6 is 0 Å². The zero-order valence-electron chi connectivity index (χ0n) is 17.3. The maximum Gasteiger partial charge on any atom is 0.416 e. The van der Waals surface area contributed by atoms with Crippen molar-refractivity contribution in [2.24, 2.45) is 0 Å². The quantitative estimate of drug-likeness (QED) is 0.759. The fraction of sp³-hybridized carbons (Fsp3) is 0.391. The zero-order chi connectivity index (χ0) is 22.8. The second-order valence-corrected chi connectivity index (χ2v) is 8.10. The molecule has 0 aliphatic carbocycles. The van der Waals surface area contributed by atoms with E-state index in [1.165, 1.54) is 18.2 Å². The number of hydrogen-bond donors (Lipinski definition) is 1. The highest BCUT2D eigenvalue weighted by molar-refractivity contribution is 5.87. The number of nitrogens with one attached hydrogen (secondary N) is 1. The summed E-state index contributed by atoms with van der Waals surface area (Å²) < 4.78 is 39.1. The third-order valence-electron chi connectivity index (χ3n) is 5.90. The lowest BCUT2D eigenvalue weighted by Gasteiger charge is -2.35. The molecular weight excluding hydrogens is 409 g/mol. The number of alkyl halides is 3. The maximum absolute atomic E-state index is 13.1. The van der Waals surface area contributed by atoms with E-state index in [-0.39, 0.29) is 24.1 Å². The van der Waals surface area contributed by atoms with Crippen molar-refractivity contribution in [1.29, 1.82) is 0 Å². The number of carboxylic acids is 1. The summed E-state index contributed by atoms with van der Waals surface area (Å²) in [6, 6.07) is 10.9. The predicted octanol–water partition coefficient (Wildman–Crippen LogP) is 3.30. The number of carbonyl (C=O) groups excluding carboxylic acids is 2. The van der Waals surface area contributed by atoms with Gasteiger partial charge in [0.1, 0.15) is 0 Å². The van der Waals surface area contributed by atoms with Crippen LogP contribution in [-0.4, -0.2) is 28.9 Å². The molecule has 1 saturated heterocycles. The zero-order valence-corrected chi connectivity index (χ0v) is 17.3. The molecule has 166 valence electrons. The molecule has 3 rings (SSSR count). The largest absolute Gasteiger partial charge is 0.545 e. The topological polar surface area (TPSA) is 72.5 Å². The van der Waals surface area contributed by atoms with Crippen molar-refractivity contribution in [3.63, 3.8) is 0 Å². The minimum Gasteiger partial charge on any atom is -0.545 e. The van der Waals surface area contributed by atoms with Crippen LogP contribution in [-0.2, 0) is 17.5 Å². The Labute approximate surface area is 178 Å². The van der Waals surface area contributed by atoms with Crippen LogP contribution in [0.5, 0.6) is 0 Å². The molecule has 2 aromatic rings. The van der Waals surface area contributed by atoms with Gasteiger partial charge in [0.2, 0.25) is 5.91 Å². The van der Waals surface area contributed by atoms with Crippen LogP contribution in [0.2, 0.25) is 0 Å². The molecule has 1 amide bonds. The molecule has 8 heteroatoms. The smallest absolute Gasteiger partial charge is 0.416 e. The highest BCUT2D eigenvalue weighted by Crippen LogP contribution is 2.33. The number of aromatic carboxylic acids is 1. The summed E-state index contributed by atoms with van der Waals surface area (Å²) in [7, 11) is 0. The Balaban J connectivity index is 1.71. The van der Waals surface area contributed by atoms with Crippen LogP contribution in [0.25, 0.3) is 0 Å². The molecule has 1 fully saturated rings. The second kappa shape index (κ2) is 8.70. The first-order valence-corrected chi connectivity index (χ1v) is 10.0. The fourth-order valence-corrected chi connectivity index (χ4v) is 3.94. The van der Waals surface area contributed by atoms with Gasteiger partial charge in [-0.2, -0.15) is 13.2 Å². The van der Waals surface area contributed by atoms with Crippen LogP contribution < -0.4 is 10.4 Å². The first kappa shape index (κ1) is 22.8. The normalized spacial score (nSPS) is 20.4. The Bertz CT molecular complexity index is 959. The van der Waals surface area contributed by atoms with Crippen LogP contribution in [0.3, 0.4) is 0 Å². The summed E-state index contributed by atoms with van der Waals surface area (Å²) in [6.45, 7) is 4.44. The molecule has 31 heavy (non-hydrogen) atoms. The van der Waals surface area contributed by atoms with Gasteiger partial charge in [-0.05, 0) is 56.0 Å². The average molecular weight is 433 g/mol. The van der Waals surface area contributed by atoms with Gasteiger partial charge in [-0.15, -0.1) is 0 Å². The van der Waals surface area contributed by atoms with E-state index in [9.17, 15) is 27.9 Å². The number of rotatable bonds is 6. The van der Waals surface area contributed by atoms with Gasteiger partial charge in [0, 0.05) is 6.54 Å².